The van der Waals surface area contributed by atoms with Gasteiger partial charge in [-0.15, -0.1) is 0 Å². The summed E-state index contributed by atoms with van der Waals surface area (Å²) in [5.41, 5.74) is 0.743. The molecule has 1 aliphatic heterocycles. The molecule has 4 nitrogen and oxygen atoms in total. The maximum atomic E-state index is 11.5. The molecule has 1 aromatic rings. The van der Waals surface area contributed by atoms with Crippen LogP contribution in [0, 0.1) is 3.70 Å². The molecule has 2 rings (SSSR count). The Bertz CT molecular complexity index is 420. The summed E-state index contributed by atoms with van der Waals surface area (Å²) in [5, 5.41) is 2.33. The minimum Gasteiger partial charge on any atom is -0.296 e. The molecule has 0 radical (unpaired) electrons. The number of piperidine rings is 1. The van der Waals surface area contributed by atoms with E-state index in [1.807, 2.05) is 18.2 Å². The molecule has 2 heterocycles. The number of aromatic nitrogens is 1. The van der Waals surface area contributed by atoms with Crippen molar-refractivity contribution in [1.29, 1.82) is 0 Å². The highest BCUT2D eigenvalue weighted by molar-refractivity contribution is 14.1. The molecule has 0 spiro atoms. The monoisotopic (exact) mass is 316 g/mol. The third kappa shape index (κ3) is 2.34. The molecular weight excluding hydrogens is 307 g/mol. The largest absolute Gasteiger partial charge is 0.296 e. The van der Waals surface area contributed by atoms with Gasteiger partial charge in [-0.3, -0.25) is 14.9 Å². The molecular formula is C10H9IN2O2. The zero-order valence-corrected chi connectivity index (χ0v) is 10.0. The number of amides is 2. The summed E-state index contributed by atoms with van der Waals surface area (Å²) in [6.45, 7) is 0. The van der Waals surface area contributed by atoms with Crippen LogP contribution in [0.15, 0.2) is 18.2 Å². The van der Waals surface area contributed by atoms with Crippen LogP contribution in [0.3, 0.4) is 0 Å². The first-order valence-electron chi connectivity index (χ1n) is 4.63. The topological polar surface area (TPSA) is 59.1 Å². The number of carbonyl (C=O) groups excluding carboxylic acids is 2. The molecule has 0 aromatic carbocycles. The smallest absolute Gasteiger partial charge is 0.235 e. The van der Waals surface area contributed by atoms with Crippen LogP contribution in [0.5, 0.6) is 0 Å². The second kappa shape index (κ2) is 4.26. The van der Waals surface area contributed by atoms with Crippen molar-refractivity contribution in [2.75, 3.05) is 0 Å². The molecule has 0 saturated carbocycles. The molecule has 2 amide bonds. The van der Waals surface area contributed by atoms with E-state index in [2.05, 4.69) is 32.9 Å². The van der Waals surface area contributed by atoms with Crippen molar-refractivity contribution in [3.05, 3.63) is 27.6 Å². The molecule has 0 aliphatic carbocycles. The van der Waals surface area contributed by atoms with Crippen LogP contribution in [-0.2, 0) is 9.59 Å². The predicted molar refractivity (Wildman–Crippen MR) is 62.1 cm³/mol. The van der Waals surface area contributed by atoms with Crippen LogP contribution in [0.25, 0.3) is 0 Å². The normalized spacial score (nSPS) is 21.3. The fourth-order valence-corrected chi connectivity index (χ4v) is 2.08. The predicted octanol–water partition coefficient (Wildman–Crippen LogP) is 1.21. The lowest BCUT2D eigenvalue weighted by Crippen LogP contribution is -2.39. The molecule has 1 aliphatic rings. The lowest BCUT2D eigenvalue weighted by atomic mass is 9.94. The molecule has 1 aromatic heterocycles. The summed E-state index contributed by atoms with van der Waals surface area (Å²) in [6.07, 6.45) is 0.946. The first-order chi connectivity index (χ1) is 7.16. The van der Waals surface area contributed by atoms with Crippen LogP contribution in [0.2, 0.25) is 0 Å². The number of hydrogen-bond donors (Lipinski definition) is 1. The van der Waals surface area contributed by atoms with Gasteiger partial charge >= 0.3 is 0 Å². The van der Waals surface area contributed by atoms with Crippen molar-refractivity contribution in [3.63, 3.8) is 0 Å². The van der Waals surface area contributed by atoms with E-state index in [0.717, 1.165) is 9.39 Å². The van der Waals surface area contributed by atoms with Crippen LogP contribution in [0.1, 0.15) is 24.5 Å². The number of halogens is 1. The second-order valence-electron chi connectivity index (χ2n) is 3.39. The van der Waals surface area contributed by atoms with E-state index >= 15 is 0 Å². The highest BCUT2D eigenvalue weighted by Crippen LogP contribution is 2.23. The zero-order chi connectivity index (χ0) is 10.8. The van der Waals surface area contributed by atoms with E-state index in [0.29, 0.717) is 12.8 Å². The zero-order valence-electron chi connectivity index (χ0n) is 7.87. The number of hydrogen-bond acceptors (Lipinski definition) is 3. The Labute approximate surface area is 101 Å². The van der Waals surface area contributed by atoms with E-state index in [1.54, 1.807) is 0 Å². The summed E-state index contributed by atoms with van der Waals surface area (Å²) in [7, 11) is 0. The summed E-state index contributed by atoms with van der Waals surface area (Å²) in [5.74, 6) is -0.708. The first kappa shape index (κ1) is 10.5. The minimum absolute atomic E-state index is 0.193. The SMILES string of the molecule is O=C1CCC(c2cccc(I)n2)C(=O)N1. The third-order valence-corrected chi connectivity index (χ3v) is 2.93. The summed E-state index contributed by atoms with van der Waals surface area (Å²) >= 11 is 2.10. The number of nitrogens with one attached hydrogen (secondary N) is 1. The summed E-state index contributed by atoms with van der Waals surface area (Å²) < 4.78 is 0.856. The van der Waals surface area contributed by atoms with E-state index in [9.17, 15) is 9.59 Å². The molecule has 1 fully saturated rings. The summed E-state index contributed by atoms with van der Waals surface area (Å²) in [4.78, 5) is 26.8. The molecule has 15 heavy (non-hydrogen) atoms. The highest BCUT2D eigenvalue weighted by atomic mass is 127. The number of nitrogens with zero attached hydrogens (tertiary/aromatic N) is 1. The standard InChI is InChI=1S/C10H9IN2O2/c11-8-3-1-2-7(12-8)6-4-5-9(14)13-10(6)15/h1-3,6H,4-5H2,(H,13,14,15). The van der Waals surface area contributed by atoms with Gasteiger partial charge in [0.25, 0.3) is 0 Å². The Morgan fingerprint density at radius 1 is 1.40 bits per heavy atom. The summed E-state index contributed by atoms with van der Waals surface area (Å²) in [6, 6.07) is 5.56. The Hall–Kier alpha value is -0.980. The van der Waals surface area contributed by atoms with E-state index < -0.39 is 0 Å². The van der Waals surface area contributed by atoms with Crippen molar-refractivity contribution >= 4 is 34.4 Å². The van der Waals surface area contributed by atoms with Gasteiger partial charge in [0.1, 0.15) is 3.70 Å². The Morgan fingerprint density at radius 3 is 2.87 bits per heavy atom. The number of rotatable bonds is 1. The second-order valence-corrected chi connectivity index (χ2v) is 4.49. The van der Waals surface area contributed by atoms with Gasteiger partial charge in [-0.05, 0) is 41.1 Å². The third-order valence-electron chi connectivity index (χ3n) is 2.33. The minimum atomic E-state index is -0.280. The quantitative estimate of drug-likeness (QED) is 0.481. The maximum absolute atomic E-state index is 11.5. The lowest BCUT2D eigenvalue weighted by Gasteiger charge is -2.20. The maximum Gasteiger partial charge on any atom is 0.235 e. The highest BCUT2D eigenvalue weighted by Gasteiger charge is 2.28. The molecule has 78 valence electrons. The van der Waals surface area contributed by atoms with E-state index in [4.69, 9.17) is 0 Å². The van der Waals surface area contributed by atoms with Gasteiger partial charge in [0.15, 0.2) is 0 Å². The van der Waals surface area contributed by atoms with Crippen LogP contribution < -0.4 is 5.32 Å². The average molecular weight is 316 g/mol. The molecule has 1 unspecified atom stereocenters. The van der Waals surface area contributed by atoms with Gasteiger partial charge in [0.2, 0.25) is 11.8 Å². The van der Waals surface area contributed by atoms with Gasteiger partial charge in [0, 0.05) is 6.42 Å². The molecule has 1 atom stereocenters. The Balaban J connectivity index is 2.24. The average Bonchev–Trinajstić information content (AvgIpc) is 2.17. The van der Waals surface area contributed by atoms with E-state index in [-0.39, 0.29) is 17.7 Å². The first-order valence-corrected chi connectivity index (χ1v) is 5.71. The lowest BCUT2D eigenvalue weighted by molar-refractivity contribution is -0.134. The Kier molecular flexibility index (Phi) is 2.99. The van der Waals surface area contributed by atoms with Crippen molar-refractivity contribution in [1.82, 2.24) is 10.3 Å². The Morgan fingerprint density at radius 2 is 2.20 bits per heavy atom. The van der Waals surface area contributed by atoms with Crippen molar-refractivity contribution < 1.29 is 9.59 Å². The van der Waals surface area contributed by atoms with Crippen molar-refractivity contribution in [2.24, 2.45) is 0 Å². The van der Waals surface area contributed by atoms with Gasteiger partial charge < -0.3 is 0 Å². The fraction of sp³-hybridized carbons (Fsp3) is 0.300. The van der Waals surface area contributed by atoms with Gasteiger partial charge in [0.05, 0.1) is 11.6 Å². The molecule has 1 N–H and O–H groups in total. The van der Waals surface area contributed by atoms with Crippen molar-refractivity contribution in [2.45, 2.75) is 18.8 Å². The molecule has 1 saturated heterocycles. The van der Waals surface area contributed by atoms with Crippen LogP contribution in [0.4, 0.5) is 0 Å². The van der Waals surface area contributed by atoms with Crippen LogP contribution >= 0.6 is 22.6 Å². The van der Waals surface area contributed by atoms with Crippen molar-refractivity contribution in [3.8, 4) is 0 Å². The van der Waals surface area contributed by atoms with Gasteiger partial charge in [-0.25, -0.2) is 4.98 Å². The number of pyridine rings is 1. The number of carbonyl (C=O) groups is 2. The molecule has 0 bridgehead atoms. The fourth-order valence-electron chi connectivity index (χ4n) is 1.59. The molecule has 5 heteroatoms. The van der Waals surface area contributed by atoms with E-state index in [1.165, 1.54) is 0 Å². The van der Waals surface area contributed by atoms with Gasteiger partial charge in [-0.2, -0.15) is 0 Å². The van der Waals surface area contributed by atoms with Gasteiger partial charge in [-0.1, -0.05) is 6.07 Å². The number of imide groups is 1. The van der Waals surface area contributed by atoms with Crippen LogP contribution in [-0.4, -0.2) is 16.8 Å².